The summed E-state index contributed by atoms with van der Waals surface area (Å²) in [6.45, 7) is 3.49. The van der Waals surface area contributed by atoms with E-state index >= 15 is 0 Å². The third-order valence-corrected chi connectivity index (χ3v) is 9.35. The first-order chi connectivity index (χ1) is 21.7. The Morgan fingerprint density at radius 3 is 2.00 bits per heavy atom. The molecule has 0 amide bonds. The molecule has 1 N–H and O–H groups in total. The lowest BCUT2D eigenvalue weighted by Gasteiger charge is -2.35. The van der Waals surface area contributed by atoms with Crippen LogP contribution >= 0.6 is 12.4 Å². The molecule has 2 aromatic carbocycles. The van der Waals surface area contributed by atoms with E-state index < -0.39 is 29.4 Å². The molecule has 6 nitrogen and oxygen atoms in total. The number of rotatable bonds is 10. The Bertz CT molecular complexity index is 1500. The van der Waals surface area contributed by atoms with Gasteiger partial charge < -0.3 is 14.9 Å². The number of nitrogens with zero attached hydrogens (tertiary/aromatic N) is 4. The van der Waals surface area contributed by atoms with E-state index in [1.54, 1.807) is 28.9 Å². The standard InChI is InChI=1S/C34H40F6N4O2.ClH/c1-3-43(19-22-8-10-24(11-9-22)32(45)46)30-17-26-7-5-4-6-25(26)16-27(30)21-44(31-12-13-42(2)41-31)20-23-14-28(33(35,36)37)18-29(15-23)34(38,39)40;/h12-18,22,24H,3-11,19-21H2,1-2H3,(H,45,46);1H/t22-,24-;. The summed E-state index contributed by atoms with van der Waals surface area (Å²) in [5, 5.41) is 13.9. The highest BCUT2D eigenvalue weighted by atomic mass is 35.5. The molecule has 0 atom stereocenters. The van der Waals surface area contributed by atoms with Crippen molar-refractivity contribution in [3.8, 4) is 0 Å². The molecule has 2 aliphatic carbocycles. The summed E-state index contributed by atoms with van der Waals surface area (Å²) in [5.41, 5.74) is 1.58. The monoisotopic (exact) mass is 686 g/mol. The van der Waals surface area contributed by atoms with Gasteiger partial charge in [-0.3, -0.25) is 9.48 Å². The summed E-state index contributed by atoms with van der Waals surface area (Å²) in [6, 6.07) is 7.78. The molecule has 47 heavy (non-hydrogen) atoms. The third-order valence-electron chi connectivity index (χ3n) is 9.35. The number of carbonyl (C=O) groups is 1. The molecule has 258 valence electrons. The van der Waals surface area contributed by atoms with E-state index in [9.17, 15) is 36.2 Å². The predicted molar refractivity (Wildman–Crippen MR) is 171 cm³/mol. The van der Waals surface area contributed by atoms with E-state index in [4.69, 9.17) is 0 Å². The van der Waals surface area contributed by atoms with Gasteiger partial charge in [0.2, 0.25) is 0 Å². The van der Waals surface area contributed by atoms with Crippen molar-refractivity contribution in [3.05, 3.63) is 76.0 Å². The SMILES string of the molecule is CCN(C[C@H]1CC[C@H](C(=O)O)CC1)c1cc2c(cc1CN(Cc1cc(C(F)(F)F)cc(C(F)(F)F)c1)c1ccn(C)n1)CCCC2.Cl. The smallest absolute Gasteiger partial charge is 0.416 e. The molecule has 0 bridgehead atoms. The fourth-order valence-electron chi connectivity index (χ4n) is 6.87. The molecule has 1 aromatic heterocycles. The van der Waals surface area contributed by atoms with Crippen LogP contribution in [0.4, 0.5) is 37.8 Å². The van der Waals surface area contributed by atoms with Gasteiger partial charge in [0.05, 0.1) is 17.0 Å². The number of halogens is 7. The first kappa shape index (κ1) is 36.4. The number of hydrogen-bond acceptors (Lipinski definition) is 4. The lowest BCUT2D eigenvalue weighted by Crippen LogP contribution is -2.34. The molecule has 2 aliphatic rings. The van der Waals surface area contributed by atoms with Crippen molar-refractivity contribution in [2.24, 2.45) is 18.9 Å². The number of aromatic nitrogens is 2. The number of anilines is 2. The molecule has 0 spiro atoms. The van der Waals surface area contributed by atoms with Crippen molar-refractivity contribution >= 4 is 29.9 Å². The molecule has 1 fully saturated rings. The average Bonchev–Trinajstić information content (AvgIpc) is 3.44. The summed E-state index contributed by atoms with van der Waals surface area (Å²) in [5.74, 6) is -0.309. The minimum Gasteiger partial charge on any atom is -0.481 e. The zero-order valence-electron chi connectivity index (χ0n) is 26.5. The number of carboxylic acids is 1. The Morgan fingerprint density at radius 1 is 0.894 bits per heavy atom. The Kier molecular flexibility index (Phi) is 11.5. The number of aliphatic carboxylic acids is 1. The van der Waals surface area contributed by atoms with Crippen LogP contribution in [0.3, 0.4) is 0 Å². The predicted octanol–water partition coefficient (Wildman–Crippen LogP) is 8.68. The molecule has 0 radical (unpaired) electrons. The molecule has 13 heteroatoms. The van der Waals surface area contributed by atoms with Crippen LogP contribution in [0.5, 0.6) is 0 Å². The second-order valence-electron chi connectivity index (χ2n) is 12.7. The van der Waals surface area contributed by atoms with E-state index in [1.165, 1.54) is 11.1 Å². The van der Waals surface area contributed by atoms with Crippen LogP contribution in [0.15, 0.2) is 42.6 Å². The summed E-state index contributed by atoms with van der Waals surface area (Å²) in [6.07, 6.45) is -1.33. The van der Waals surface area contributed by atoms with Crippen LogP contribution in [0.25, 0.3) is 0 Å². The first-order valence-electron chi connectivity index (χ1n) is 15.9. The Labute approximate surface area is 277 Å². The normalized spacial score (nSPS) is 18.3. The third kappa shape index (κ3) is 8.94. The van der Waals surface area contributed by atoms with Crippen LogP contribution in [0.1, 0.15) is 78.8 Å². The second-order valence-corrected chi connectivity index (χ2v) is 12.7. The Hall–Kier alpha value is -3.41. The minimum absolute atomic E-state index is 0. The van der Waals surface area contributed by atoms with Gasteiger partial charge in [-0.2, -0.15) is 31.4 Å². The van der Waals surface area contributed by atoms with Gasteiger partial charge in [0.15, 0.2) is 5.82 Å². The maximum absolute atomic E-state index is 13.7. The molecule has 1 heterocycles. The lowest BCUT2D eigenvalue weighted by molar-refractivity contribution is -0.144. The van der Waals surface area contributed by atoms with Crippen molar-refractivity contribution in [2.45, 2.75) is 83.7 Å². The van der Waals surface area contributed by atoms with Crippen molar-refractivity contribution in [1.82, 2.24) is 9.78 Å². The van der Waals surface area contributed by atoms with Gasteiger partial charge in [0, 0.05) is 51.2 Å². The molecule has 1 saturated carbocycles. The van der Waals surface area contributed by atoms with Crippen molar-refractivity contribution in [1.29, 1.82) is 0 Å². The number of carboxylic acid groups (broad SMARTS) is 1. The van der Waals surface area contributed by atoms with Crippen molar-refractivity contribution < 1.29 is 36.2 Å². The number of alkyl halides is 6. The van der Waals surface area contributed by atoms with Gasteiger partial charge in [0.25, 0.3) is 0 Å². The summed E-state index contributed by atoms with van der Waals surface area (Å²) in [4.78, 5) is 15.5. The number of hydrogen-bond donors (Lipinski definition) is 1. The van der Waals surface area contributed by atoms with Crippen molar-refractivity contribution in [3.63, 3.8) is 0 Å². The van der Waals surface area contributed by atoms with Gasteiger partial charge >= 0.3 is 18.3 Å². The van der Waals surface area contributed by atoms with Crippen LogP contribution in [-0.2, 0) is 50.1 Å². The van der Waals surface area contributed by atoms with Gasteiger partial charge in [-0.05, 0) is 111 Å². The Balaban J connectivity index is 0.00000500. The topological polar surface area (TPSA) is 61.6 Å². The van der Waals surface area contributed by atoms with E-state index in [2.05, 4.69) is 29.1 Å². The second kappa shape index (κ2) is 14.8. The van der Waals surface area contributed by atoms with Gasteiger partial charge in [-0.15, -0.1) is 12.4 Å². The first-order valence-corrected chi connectivity index (χ1v) is 15.9. The molecular weight excluding hydrogens is 646 g/mol. The summed E-state index contributed by atoms with van der Waals surface area (Å²) < 4.78 is 83.8. The highest BCUT2D eigenvalue weighted by Gasteiger charge is 2.37. The van der Waals surface area contributed by atoms with E-state index in [-0.39, 0.29) is 43.0 Å². The fourth-order valence-corrected chi connectivity index (χ4v) is 6.87. The maximum atomic E-state index is 13.7. The van der Waals surface area contributed by atoms with Gasteiger partial charge in [-0.25, -0.2) is 0 Å². The maximum Gasteiger partial charge on any atom is 0.416 e. The molecule has 0 aliphatic heterocycles. The zero-order chi connectivity index (χ0) is 33.2. The van der Waals surface area contributed by atoms with Crippen LogP contribution in [0.2, 0.25) is 0 Å². The lowest BCUT2D eigenvalue weighted by atomic mass is 9.81. The molecular formula is C34H41ClF6N4O2. The van der Waals surface area contributed by atoms with E-state index in [0.717, 1.165) is 68.5 Å². The number of aryl methyl sites for hydroxylation is 3. The van der Waals surface area contributed by atoms with E-state index in [1.807, 2.05) is 0 Å². The summed E-state index contributed by atoms with van der Waals surface area (Å²) in [7, 11) is 1.70. The molecule has 0 unspecified atom stereocenters. The van der Waals surface area contributed by atoms with Gasteiger partial charge in [0.1, 0.15) is 0 Å². The highest BCUT2D eigenvalue weighted by molar-refractivity contribution is 5.85. The number of benzene rings is 2. The van der Waals surface area contributed by atoms with Crippen LogP contribution in [0, 0.1) is 11.8 Å². The van der Waals surface area contributed by atoms with Crippen molar-refractivity contribution in [2.75, 3.05) is 22.9 Å². The molecule has 0 saturated heterocycles. The largest absolute Gasteiger partial charge is 0.481 e. The number of fused-ring (bicyclic) bond motifs is 1. The minimum atomic E-state index is -4.94. The fraction of sp³-hybridized carbons (Fsp3) is 0.529. The highest BCUT2D eigenvalue weighted by Crippen LogP contribution is 2.38. The summed E-state index contributed by atoms with van der Waals surface area (Å²) >= 11 is 0. The van der Waals surface area contributed by atoms with Gasteiger partial charge in [-0.1, -0.05) is 6.07 Å². The molecule has 5 rings (SSSR count). The van der Waals surface area contributed by atoms with E-state index in [0.29, 0.717) is 31.1 Å². The zero-order valence-corrected chi connectivity index (χ0v) is 27.3. The van der Waals surface area contributed by atoms with Crippen LogP contribution in [-0.4, -0.2) is 33.9 Å². The van der Waals surface area contributed by atoms with Crippen LogP contribution < -0.4 is 9.80 Å². The Morgan fingerprint density at radius 2 is 1.49 bits per heavy atom. The quantitative estimate of drug-likeness (QED) is 0.216. The molecule has 3 aromatic rings. The average molecular weight is 687 g/mol.